The quantitative estimate of drug-likeness (QED) is 0.399. The van der Waals surface area contributed by atoms with Crippen LogP contribution in [-0.4, -0.2) is 41.0 Å². The lowest BCUT2D eigenvalue weighted by Crippen LogP contribution is -2.40. The van der Waals surface area contributed by atoms with Gasteiger partial charge in [0.25, 0.3) is 0 Å². The summed E-state index contributed by atoms with van der Waals surface area (Å²) in [5.74, 6) is 1.54. The second-order valence-electron chi connectivity index (χ2n) is 4.74. The first-order valence-electron chi connectivity index (χ1n) is 6.30. The molecular formula is C12H22IN5O. The number of hydrogen-bond acceptors (Lipinski definition) is 3. The van der Waals surface area contributed by atoms with Gasteiger partial charge in [-0.15, -0.1) is 24.0 Å². The minimum atomic E-state index is -0.571. The Morgan fingerprint density at radius 1 is 1.58 bits per heavy atom. The first-order chi connectivity index (χ1) is 8.69. The summed E-state index contributed by atoms with van der Waals surface area (Å²) in [6, 6.07) is 0. The van der Waals surface area contributed by atoms with Crippen LogP contribution in [0.4, 0.5) is 0 Å². The van der Waals surface area contributed by atoms with Gasteiger partial charge in [0, 0.05) is 38.9 Å². The highest BCUT2D eigenvalue weighted by atomic mass is 127. The number of guanidine groups is 1. The van der Waals surface area contributed by atoms with Crippen molar-refractivity contribution >= 4 is 29.9 Å². The lowest BCUT2D eigenvalue weighted by atomic mass is 10.2. The molecule has 1 saturated carbocycles. The molecule has 1 unspecified atom stereocenters. The molecule has 1 aromatic heterocycles. The zero-order valence-electron chi connectivity index (χ0n) is 11.3. The number of aromatic nitrogens is 2. The molecule has 7 heteroatoms. The zero-order valence-corrected chi connectivity index (χ0v) is 13.7. The van der Waals surface area contributed by atoms with Gasteiger partial charge in [-0.3, -0.25) is 9.67 Å². The van der Waals surface area contributed by atoms with Crippen molar-refractivity contribution in [2.24, 2.45) is 18.0 Å². The van der Waals surface area contributed by atoms with E-state index >= 15 is 0 Å². The highest BCUT2D eigenvalue weighted by molar-refractivity contribution is 14.0. The van der Waals surface area contributed by atoms with E-state index in [9.17, 15) is 5.11 Å². The number of halogens is 1. The predicted octanol–water partition coefficient (Wildman–Crippen LogP) is 0.646. The fourth-order valence-corrected chi connectivity index (χ4v) is 1.71. The molecule has 1 aliphatic carbocycles. The van der Waals surface area contributed by atoms with Crippen LogP contribution in [0.5, 0.6) is 0 Å². The van der Waals surface area contributed by atoms with Gasteiger partial charge in [0.2, 0.25) is 0 Å². The van der Waals surface area contributed by atoms with Gasteiger partial charge < -0.3 is 15.7 Å². The molecule has 0 spiro atoms. The molecule has 3 N–H and O–H groups in total. The van der Waals surface area contributed by atoms with Crippen LogP contribution in [0.2, 0.25) is 0 Å². The topological polar surface area (TPSA) is 74.5 Å². The summed E-state index contributed by atoms with van der Waals surface area (Å²) in [6.45, 7) is 1.39. The van der Waals surface area contributed by atoms with Crippen molar-refractivity contribution in [3.05, 3.63) is 18.0 Å². The summed E-state index contributed by atoms with van der Waals surface area (Å²) in [4.78, 5) is 4.12. The maximum Gasteiger partial charge on any atom is 0.191 e. The van der Waals surface area contributed by atoms with Gasteiger partial charge >= 0.3 is 0 Å². The van der Waals surface area contributed by atoms with Crippen molar-refractivity contribution in [2.45, 2.75) is 18.9 Å². The average molecular weight is 379 g/mol. The van der Waals surface area contributed by atoms with E-state index in [1.807, 2.05) is 13.2 Å². The van der Waals surface area contributed by atoms with Gasteiger partial charge in [-0.1, -0.05) is 0 Å². The maximum absolute atomic E-state index is 9.97. The van der Waals surface area contributed by atoms with Crippen molar-refractivity contribution in [1.82, 2.24) is 20.4 Å². The minimum absolute atomic E-state index is 0. The smallest absolute Gasteiger partial charge is 0.191 e. The van der Waals surface area contributed by atoms with Crippen LogP contribution in [0.1, 0.15) is 24.5 Å². The molecule has 0 saturated heterocycles. The minimum Gasteiger partial charge on any atom is -0.386 e. The number of nitrogens with one attached hydrogen (secondary N) is 2. The molecule has 0 aliphatic heterocycles. The van der Waals surface area contributed by atoms with Crippen molar-refractivity contribution < 1.29 is 5.11 Å². The highest BCUT2D eigenvalue weighted by Gasteiger charge is 2.21. The van der Waals surface area contributed by atoms with Crippen molar-refractivity contribution in [3.8, 4) is 0 Å². The van der Waals surface area contributed by atoms with Crippen LogP contribution in [0.25, 0.3) is 0 Å². The van der Waals surface area contributed by atoms with E-state index in [0.717, 1.165) is 24.0 Å². The summed E-state index contributed by atoms with van der Waals surface area (Å²) in [6.07, 6.45) is 5.53. The molecule has 1 atom stereocenters. The SMILES string of the molecule is CN=C(NCC1CC1)NCC(O)c1cnn(C)c1.I. The number of aliphatic imine (C=N–C) groups is 1. The molecule has 2 rings (SSSR count). The van der Waals surface area contributed by atoms with E-state index in [4.69, 9.17) is 0 Å². The third-order valence-electron chi connectivity index (χ3n) is 3.05. The Morgan fingerprint density at radius 2 is 2.32 bits per heavy atom. The predicted molar refractivity (Wildman–Crippen MR) is 85.7 cm³/mol. The van der Waals surface area contributed by atoms with Crippen molar-refractivity contribution in [1.29, 1.82) is 0 Å². The molecular weight excluding hydrogens is 357 g/mol. The second-order valence-corrected chi connectivity index (χ2v) is 4.74. The Bertz CT molecular complexity index is 416. The summed E-state index contributed by atoms with van der Waals surface area (Å²) >= 11 is 0. The van der Waals surface area contributed by atoms with Gasteiger partial charge in [-0.2, -0.15) is 5.10 Å². The van der Waals surface area contributed by atoms with Gasteiger partial charge in [0.05, 0.1) is 12.3 Å². The van der Waals surface area contributed by atoms with Crippen LogP contribution < -0.4 is 10.6 Å². The Hall–Kier alpha value is -0.830. The Kier molecular flexibility index (Phi) is 6.56. The standard InChI is InChI=1S/C12H21N5O.HI/c1-13-12(14-5-9-3-4-9)15-7-11(18)10-6-16-17(2)8-10;/h6,8-9,11,18H,3-5,7H2,1-2H3,(H2,13,14,15);1H. The fraction of sp³-hybridized carbons (Fsp3) is 0.667. The number of aliphatic hydroxyl groups is 1. The number of aryl methyl sites for hydroxylation is 1. The second kappa shape index (κ2) is 7.68. The van der Waals surface area contributed by atoms with Crippen LogP contribution in [-0.2, 0) is 7.05 Å². The normalized spacial score (nSPS) is 16.7. The summed E-state index contributed by atoms with van der Waals surface area (Å²) < 4.78 is 1.68. The number of aliphatic hydroxyl groups excluding tert-OH is 1. The number of hydrogen-bond donors (Lipinski definition) is 3. The first kappa shape index (κ1) is 16.2. The van der Waals surface area contributed by atoms with E-state index in [-0.39, 0.29) is 24.0 Å². The molecule has 19 heavy (non-hydrogen) atoms. The van der Waals surface area contributed by atoms with Crippen LogP contribution in [0.15, 0.2) is 17.4 Å². The molecule has 1 fully saturated rings. The fourth-order valence-electron chi connectivity index (χ4n) is 1.71. The summed E-state index contributed by atoms with van der Waals surface area (Å²) in [5.41, 5.74) is 0.808. The van der Waals surface area contributed by atoms with E-state index in [0.29, 0.717) is 6.54 Å². The maximum atomic E-state index is 9.97. The third-order valence-corrected chi connectivity index (χ3v) is 3.05. The lowest BCUT2D eigenvalue weighted by molar-refractivity contribution is 0.180. The Balaban J connectivity index is 0.00000180. The largest absolute Gasteiger partial charge is 0.386 e. The molecule has 1 heterocycles. The molecule has 108 valence electrons. The van der Waals surface area contributed by atoms with E-state index < -0.39 is 6.10 Å². The highest BCUT2D eigenvalue weighted by Crippen LogP contribution is 2.27. The number of nitrogens with zero attached hydrogens (tertiary/aromatic N) is 3. The Morgan fingerprint density at radius 3 is 2.84 bits per heavy atom. The summed E-state index contributed by atoms with van der Waals surface area (Å²) in [7, 11) is 3.57. The van der Waals surface area contributed by atoms with Gasteiger partial charge in [0.15, 0.2) is 5.96 Å². The van der Waals surface area contributed by atoms with Crippen LogP contribution in [0.3, 0.4) is 0 Å². The molecule has 0 bridgehead atoms. The van der Waals surface area contributed by atoms with Crippen LogP contribution >= 0.6 is 24.0 Å². The summed E-state index contributed by atoms with van der Waals surface area (Å²) in [5, 5.41) is 20.4. The first-order valence-corrected chi connectivity index (χ1v) is 6.30. The molecule has 0 amide bonds. The molecule has 1 aliphatic rings. The molecule has 1 aromatic rings. The van der Waals surface area contributed by atoms with E-state index in [1.54, 1.807) is 17.9 Å². The van der Waals surface area contributed by atoms with Gasteiger partial charge in [-0.05, 0) is 18.8 Å². The van der Waals surface area contributed by atoms with Gasteiger partial charge in [-0.25, -0.2) is 0 Å². The van der Waals surface area contributed by atoms with Gasteiger partial charge in [0.1, 0.15) is 0 Å². The van der Waals surface area contributed by atoms with Crippen molar-refractivity contribution in [3.63, 3.8) is 0 Å². The average Bonchev–Trinajstić information content (AvgIpc) is 3.09. The van der Waals surface area contributed by atoms with Crippen LogP contribution in [0, 0.1) is 5.92 Å². The van der Waals surface area contributed by atoms with E-state index in [1.165, 1.54) is 12.8 Å². The molecule has 0 radical (unpaired) electrons. The van der Waals surface area contributed by atoms with E-state index in [2.05, 4.69) is 20.7 Å². The monoisotopic (exact) mass is 379 g/mol. The lowest BCUT2D eigenvalue weighted by Gasteiger charge is -2.14. The third kappa shape index (κ3) is 5.35. The zero-order chi connectivity index (χ0) is 13.0. The number of rotatable bonds is 5. The molecule has 6 nitrogen and oxygen atoms in total. The molecule has 0 aromatic carbocycles. The Labute approximate surface area is 130 Å². The van der Waals surface area contributed by atoms with Crippen molar-refractivity contribution in [2.75, 3.05) is 20.1 Å².